The van der Waals surface area contributed by atoms with Gasteiger partial charge in [0.1, 0.15) is 10.5 Å². The predicted molar refractivity (Wildman–Crippen MR) is 93.1 cm³/mol. The molecule has 120 valence electrons. The molecular weight excluding hydrogens is 308 g/mol. The molecule has 2 aromatic heterocycles. The van der Waals surface area contributed by atoms with E-state index in [2.05, 4.69) is 26.3 Å². The third kappa shape index (κ3) is 3.96. The Morgan fingerprint density at radius 1 is 1.30 bits per heavy atom. The molecule has 1 fully saturated rings. The molecule has 3 rings (SSSR count). The summed E-state index contributed by atoms with van der Waals surface area (Å²) < 4.78 is 0.453. The average molecular weight is 328 g/mol. The van der Waals surface area contributed by atoms with Crippen molar-refractivity contribution in [1.82, 2.24) is 15.3 Å². The van der Waals surface area contributed by atoms with Gasteiger partial charge in [0.05, 0.1) is 5.56 Å². The first-order valence-electron chi connectivity index (χ1n) is 7.90. The van der Waals surface area contributed by atoms with Crippen molar-refractivity contribution in [2.75, 3.05) is 18.0 Å². The van der Waals surface area contributed by atoms with Gasteiger partial charge in [-0.1, -0.05) is 12.2 Å². The first kappa shape index (κ1) is 15.7. The van der Waals surface area contributed by atoms with Crippen molar-refractivity contribution in [1.29, 1.82) is 0 Å². The first-order chi connectivity index (χ1) is 11.2. The Morgan fingerprint density at radius 2 is 2.13 bits per heavy atom. The van der Waals surface area contributed by atoms with E-state index in [0.29, 0.717) is 16.7 Å². The Bertz CT molecular complexity index is 737. The van der Waals surface area contributed by atoms with Gasteiger partial charge in [0.2, 0.25) is 0 Å². The largest absolute Gasteiger partial charge is 0.357 e. The minimum absolute atomic E-state index is 0.164. The van der Waals surface area contributed by atoms with E-state index in [1.807, 2.05) is 6.07 Å². The Balaban J connectivity index is 1.65. The highest BCUT2D eigenvalue weighted by molar-refractivity contribution is 7.71. The minimum atomic E-state index is -0.164. The third-order valence-corrected chi connectivity index (χ3v) is 4.34. The van der Waals surface area contributed by atoms with Crippen LogP contribution in [0.15, 0.2) is 36.7 Å². The van der Waals surface area contributed by atoms with Crippen LogP contribution in [-0.4, -0.2) is 29.0 Å². The van der Waals surface area contributed by atoms with E-state index < -0.39 is 0 Å². The van der Waals surface area contributed by atoms with E-state index in [0.717, 1.165) is 24.5 Å². The van der Waals surface area contributed by atoms with Crippen molar-refractivity contribution in [3.8, 4) is 0 Å². The molecule has 0 atom stereocenters. The van der Waals surface area contributed by atoms with Crippen LogP contribution in [0.5, 0.6) is 0 Å². The highest BCUT2D eigenvalue weighted by Crippen LogP contribution is 2.18. The lowest BCUT2D eigenvalue weighted by Crippen LogP contribution is -2.30. The molecular formula is C17H20N4OS. The van der Waals surface area contributed by atoms with Gasteiger partial charge in [-0.3, -0.25) is 4.79 Å². The number of aromatic nitrogens is 2. The number of aromatic amines is 1. The van der Waals surface area contributed by atoms with Gasteiger partial charge in [0.25, 0.3) is 5.91 Å². The molecule has 0 spiro atoms. The van der Waals surface area contributed by atoms with Gasteiger partial charge >= 0.3 is 0 Å². The number of pyridine rings is 2. The summed E-state index contributed by atoms with van der Waals surface area (Å²) in [5.41, 5.74) is 1.53. The van der Waals surface area contributed by atoms with Gasteiger partial charge < -0.3 is 15.2 Å². The molecule has 2 N–H and O–H groups in total. The molecule has 3 heterocycles. The van der Waals surface area contributed by atoms with Gasteiger partial charge in [0.15, 0.2) is 0 Å². The number of carbonyl (C=O) groups is 1. The molecule has 0 aliphatic carbocycles. The summed E-state index contributed by atoms with van der Waals surface area (Å²) in [6.45, 7) is 2.58. The second kappa shape index (κ2) is 7.37. The van der Waals surface area contributed by atoms with E-state index in [1.54, 1.807) is 24.5 Å². The van der Waals surface area contributed by atoms with Crippen molar-refractivity contribution in [3.63, 3.8) is 0 Å². The van der Waals surface area contributed by atoms with Crippen LogP contribution in [0.2, 0.25) is 0 Å². The maximum atomic E-state index is 12.2. The molecule has 1 aliphatic heterocycles. The summed E-state index contributed by atoms with van der Waals surface area (Å²) in [5.74, 6) is 0.830. The van der Waals surface area contributed by atoms with E-state index in [-0.39, 0.29) is 5.91 Å². The maximum absolute atomic E-state index is 12.2. The highest BCUT2D eigenvalue weighted by Gasteiger charge is 2.13. The number of nitrogens with zero attached hydrogens (tertiary/aromatic N) is 2. The molecule has 2 aromatic rings. The third-order valence-electron chi connectivity index (χ3n) is 4.01. The van der Waals surface area contributed by atoms with E-state index in [4.69, 9.17) is 12.2 Å². The Hall–Kier alpha value is -2.21. The number of H-pyrrole nitrogens is 1. The molecule has 0 saturated carbocycles. The van der Waals surface area contributed by atoms with Gasteiger partial charge in [-0.15, -0.1) is 0 Å². The van der Waals surface area contributed by atoms with Crippen LogP contribution in [0.3, 0.4) is 0 Å². The van der Waals surface area contributed by atoms with Gasteiger partial charge in [-0.05, 0) is 49.1 Å². The predicted octanol–water partition coefficient (Wildman–Crippen LogP) is 3.06. The summed E-state index contributed by atoms with van der Waals surface area (Å²) in [7, 11) is 0. The first-order valence-corrected chi connectivity index (χ1v) is 8.30. The topological polar surface area (TPSA) is 61.0 Å². The van der Waals surface area contributed by atoms with Gasteiger partial charge in [-0.2, -0.15) is 0 Å². The Kier molecular flexibility index (Phi) is 5.02. The number of amides is 1. The second-order valence-corrected chi connectivity index (χ2v) is 6.07. The van der Waals surface area contributed by atoms with Crippen LogP contribution in [0.25, 0.3) is 0 Å². The lowest BCUT2D eigenvalue weighted by Gasteiger charge is -2.27. The number of carbonyl (C=O) groups excluding carboxylic acids is 1. The monoisotopic (exact) mass is 328 g/mol. The molecule has 0 radical (unpaired) electrons. The van der Waals surface area contributed by atoms with Crippen molar-refractivity contribution in [2.45, 2.75) is 25.8 Å². The fourth-order valence-electron chi connectivity index (χ4n) is 2.74. The second-order valence-electron chi connectivity index (χ2n) is 5.67. The summed E-state index contributed by atoms with van der Waals surface area (Å²) >= 11 is 5.13. The van der Waals surface area contributed by atoms with E-state index >= 15 is 0 Å². The molecule has 6 heteroatoms. The van der Waals surface area contributed by atoms with Crippen LogP contribution < -0.4 is 10.2 Å². The number of rotatable bonds is 4. The SMILES string of the molecule is O=C(NCc1ccnc(N2CCCCC2)c1)c1ccc[nH]c1=S. The number of hydrogen-bond acceptors (Lipinski definition) is 4. The zero-order valence-corrected chi connectivity index (χ0v) is 13.7. The van der Waals surface area contributed by atoms with Crippen LogP contribution in [0.4, 0.5) is 5.82 Å². The normalized spacial score (nSPS) is 14.5. The Labute approximate surface area is 140 Å². The molecule has 5 nitrogen and oxygen atoms in total. The molecule has 1 amide bonds. The van der Waals surface area contributed by atoms with Gasteiger partial charge in [0, 0.05) is 32.0 Å². The molecule has 0 unspecified atom stereocenters. The minimum Gasteiger partial charge on any atom is -0.357 e. The van der Waals surface area contributed by atoms with Crippen LogP contribution in [-0.2, 0) is 6.54 Å². The Morgan fingerprint density at radius 3 is 2.91 bits per heavy atom. The fraction of sp³-hybridized carbons (Fsp3) is 0.353. The zero-order chi connectivity index (χ0) is 16.1. The molecule has 1 aliphatic rings. The fourth-order valence-corrected chi connectivity index (χ4v) is 2.97. The number of nitrogens with one attached hydrogen (secondary N) is 2. The van der Waals surface area contributed by atoms with E-state index in [1.165, 1.54) is 19.3 Å². The average Bonchev–Trinajstić information content (AvgIpc) is 2.61. The summed E-state index contributed by atoms with van der Waals surface area (Å²) in [4.78, 5) is 21.8. The van der Waals surface area contributed by atoms with E-state index in [9.17, 15) is 4.79 Å². The van der Waals surface area contributed by atoms with Crippen LogP contribution in [0, 0.1) is 4.64 Å². The van der Waals surface area contributed by atoms with Crippen molar-refractivity contribution in [3.05, 3.63) is 52.4 Å². The summed E-state index contributed by atoms with van der Waals surface area (Å²) in [5, 5.41) is 2.91. The van der Waals surface area contributed by atoms with Crippen molar-refractivity contribution >= 4 is 23.9 Å². The number of piperidine rings is 1. The smallest absolute Gasteiger partial charge is 0.254 e. The highest BCUT2D eigenvalue weighted by atomic mass is 32.1. The molecule has 0 bridgehead atoms. The van der Waals surface area contributed by atoms with Crippen LogP contribution in [0.1, 0.15) is 35.2 Å². The van der Waals surface area contributed by atoms with Crippen molar-refractivity contribution < 1.29 is 4.79 Å². The van der Waals surface area contributed by atoms with Gasteiger partial charge in [-0.25, -0.2) is 4.98 Å². The molecule has 1 saturated heterocycles. The lowest BCUT2D eigenvalue weighted by atomic mass is 10.1. The van der Waals surface area contributed by atoms with Crippen LogP contribution >= 0.6 is 12.2 Å². The molecule has 0 aromatic carbocycles. The standard InChI is InChI=1S/C17H20N4OS/c22-16(14-5-4-7-19-17(14)23)20-12-13-6-8-18-15(11-13)21-9-2-1-3-10-21/h4-8,11H,1-3,9-10,12H2,(H,19,23)(H,20,22). The quantitative estimate of drug-likeness (QED) is 0.847. The lowest BCUT2D eigenvalue weighted by molar-refractivity contribution is 0.0950. The van der Waals surface area contributed by atoms with Crippen molar-refractivity contribution in [2.24, 2.45) is 0 Å². The maximum Gasteiger partial charge on any atom is 0.254 e. The summed E-state index contributed by atoms with van der Waals surface area (Å²) in [6.07, 6.45) is 7.25. The number of hydrogen-bond donors (Lipinski definition) is 2. The number of anilines is 1. The molecule has 23 heavy (non-hydrogen) atoms. The zero-order valence-electron chi connectivity index (χ0n) is 12.9. The summed E-state index contributed by atoms with van der Waals surface area (Å²) in [6, 6.07) is 7.47.